The lowest BCUT2D eigenvalue weighted by molar-refractivity contribution is 0.145. The minimum Gasteiger partial charge on any atom is -0.383 e. The normalized spacial score (nSPS) is 17.0. The van der Waals surface area contributed by atoms with E-state index in [1.807, 2.05) is 12.1 Å². The number of nitrogens with one attached hydrogen (secondary N) is 1. The van der Waals surface area contributed by atoms with E-state index in [4.69, 9.17) is 5.26 Å². The number of nitrogens with zero attached hydrogens (tertiary/aromatic N) is 1. The third kappa shape index (κ3) is 2.44. The van der Waals surface area contributed by atoms with Crippen molar-refractivity contribution in [3.05, 3.63) is 29.3 Å². The van der Waals surface area contributed by atoms with Gasteiger partial charge in [-0.15, -0.1) is 0 Å². The van der Waals surface area contributed by atoms with Crippen LogP contribution in [0.3, 0.4) is 0 Å². The van der Waals surface area contributed by atoms with E-state index in [1.54, 1.807) is 0 Å². The first kappa shape index (κ1) is 12.0. The molecule has 0 unspecified atom stereocenters. The van der Waals surface area contributed by atoms with Crippen LogP contribution in [0.2, 0.25) is 0 Å². The van der Waals surface area contributed by atoms with Crippen molar-refractivity contribution in [3.8, 4) is 6.07 Å². The molecular weight excluding hydrogens is 208 g/mol. The Hall–Kier alpha value is -1.49. The van der Waals surface area contributed by atoms with E-state index in [0.717, 1.165) is 17.8 Å². The minimum absolute atomic E-state index is 0.483. The van der Waals surface area contributed by atoms with Gasteiger partial charge in [-0.1, -0.05) is 19.4 Å². The second-order valence-electron chi connectivity index (χ2n) is 5.22. The maximum absolute atomic E-state index is 9.08. The van der Waals surface area contributed by atoms with Crippen molar-refractivity contribution in [2.45, 2.75) is 39.5 Å². The zero-order valence-electron chi connectivity index (χ0n) is 10.7. The quantitative estimate of drug-likeness (QED) is 0.849. The van der Waals surface area contributed by atoms with Crippen LogP contribution in [-0.4, -0.2) is 6.54 Å². The van der Waals surface area contributed by atoms with Gasteiger partial charge in [0.05, 0.1) is 11.3 Å². The van der Waals surface area contributed by atoms with Gasteiger partial charge < -0.3 is 5.32 Å². The maximum Gasteiger partial charge on any atom is 0.101 e. The number of anilines is 1. The Balaban J connectivity index is 2.08. The fraction of sp³-hybridized carbons (Fsp3) is 0.533. The fourth-order valence-corrected chi connectivity index (χ4v) is 2.52. The maximum atomic E-state index is 9.08. The van der Waals surface area contributed by atoms with Gasteiger partial charge in [0.2, 0.25) is 0 Å². The number of rotatable bonds is 4. The molecule has 90 valence electrons. The molecule has 0 amide bonds. The van der Waals surface area contributed by atoms with Gasteiger partial charge in [-0.3, -0.25) is 0 Å². The highest BCUT2D eigenvalue weighted by Crippen LogP contribution is 2.43. The summed E-state index contributed by atoms with van der Waals surface area (Å²) in [6.07, 6.45) is 5.23. The van der Waals surface area contributed by atoms with Gasteiger partial charge in [-0.05, 0) is 49.3 Å². The van der Waals surface area contributed by atoms with Gasteiger partial charge in [0, 0.05) is 6.54 Å². The van der Waals surface area contributed by atoms with Gasteiger partial charge in [0.25, 0.3) is 0 Å². The van der Waals surface area contributed by atoms with Crippen molar-refractivity contribution < 1.29 is 0 Å². The molecule has 0 atom stereocenters. The third-order valence-corrected chi connectivity index (χ3v) is 4.11. The van der Waals surface area contributed by atoms with E-state index < -0.39 is 0 Å². The van der Waals surface area contributed by atoms with E-state index >= 15 is 0 Å². The van der Waals surface area contributed by atoms with Crippen LogP contribution in [0.5, 0.6) is 0 Å². The molecule has 0 bridgehead atoms. The van der Waals surface area contributed by atoms with Crippen LogP contribution >= 0.6 is 0 Å². The fourth-order valence-electron chi connectivity index (χ4n) is 2.52. The molecule has 17 heavy (non-hydrogen) atoms. The SMILES string of the molecule is CCC1(CNc2cc(C)ccc2C#N)CCC1. The largest absolute Gasteiger partial charge is 0.383 e. The molecule has 1 aliphatic carbocycles. The molecule has 2 nitrogen and oxygen atoms in total. The first-order valence-electron chi connectivity index (χ1n) is 6.44. The van der Waals surface area contributed by atoms with Crippen molar-refractivity contribution in [2.75, 3.05) is 11.9 Å². The topological polar surface area (TPSA) is 35.8 Å². The highest BCUT2D eigenvalue weighted by molar-refractivity contribution is 5.58. The Morgan fingerprint density at radius 3 is 2.71 bits per heavy atom. The molecule has 1 N–H and O–H groups in total. The van der Waals surface area contributed by atoms with Crippen molar-refractivity contribution in [1.82, 2.24) is 0 Å². The first-order valence-corrected chi connectivity index (χ1v) is 6.44. The summed E-state index contributed by atoms with van der Waals surface area (Å²) >= 11 is 0. The van der Waals surface area contributed by atoms with Crippen molar-refractivity contribution in [1.29, 1.82) is 5.26 Å². The zero-order valence-corrected chi connectivity index (χ0v) is 10.7. The van der Waals surface area contributed by atoms with Gasteiger partial charge in [0.1, 0.15) is 6.07 Å². The summed E-state index contributed by atoms with van der Waals surface area (Å²) in [6, 6.07) is 8.21. The Labute approximate surface area is 104 Å². The van der Waals surface area contributed by atoms with E-state index in [-0.39, 0.29) is 0 Å². The highest BCUT2D eigenvalue weighted by Gasteiger charge is 2.34. The molecule has 1 saturated carbocycles. The summed E-state index contributed by atoms with van der Waals surface area (Å²) < 4.78 is 0. The lowest BCUT2D eigenvalue weighted by Gasteiger charge is -2.41. The van der Waals surface area contributed by atoms with E-state index in [0.29, 0.717) is 5.41 Å². The lowest BCUT2D eigenvalue weighted by atomic mass is 9.67. The number of aryl methyl sites for hydroxylation is 1. The molecule has 2 heteroatoms. The summed E-state index contributed by atoms with van der Waals surface area (Å²) in [4.78, 5) is 0. The second-order valence-corrected chi connectivity index (χ2v) is 5.22. The van der Waals surface area contributed by atoms with E-state index in [1.165, 1.54) is 31.2 Å². The molecule has 1 aromatic carbocycles. The Bertz CT molecular complexity index is 433. The second kappa shape index (κ2) is 4.79. The van der Waals surface area contributed by atoms with E-state index in [9.17, 15) is 0 Å². The summed E-state index contributed by atoms with van der Waals surface area (Å²) in [7, 11) is 0. The zero-order chi connectivity index (χ0) is 12.3. The lowest BCUT2D eigenvalue weighted by Crippen LogP contribution is -2.36. The smallest absolute Gasteiger partial charge is 0.101 e. The Morgan fingerprint density at radius 2 is 2.18 bits per heavy atom. The van der Waals surface area contributed by atoms with Crippen LogP contribution in [0.4, 0.5) is 5.69 Å². The molecule has 0 heterocycles. The number of hydrogen-bond donors (Lipinski definition) is 1. The molecule has 1 aromatic rings. The van der Waals surface area contributed by atoms with Crippen LogP contribution in [0.25, 0.3) is 0 Å². The molecule has 2 rings (SSSR count). The van der Waals surface area contributed by atoms with Gasteiger partial charge in [-0.2, -0.15) is 5.26 Å². The van der Waals surface area contributed by atoms with Gasteiger partial charge in [0.15, 0.2) is 0 Å². The van der Waals surface area contributed by atoms with Crippen LogP contribution in [0.1, 0.15) is 43.7 Å². The molecule has 0 aliphatic heterocycles. The monoisotopic (exact) mass is 228 g/mol. The first-order chi connectivity index (χ1) is 8.19. The molecule has 1 fully saturated rings. The average Bonchev–Trinajstić information content (AvgIpc) is 2.28. The predicted molar refractivity (Wildman–Crippen MR) is 71.0 cm³/mol. The standard InChI is InChI=1S/C15H20N2/c1-3-15(7-4-8-15)11-17-14-9-12(2)5-6-13(14)10-16/h5-6,9,17H,3-4,7-8,11H2,1-2H3. The third-order valence-electron chi connectivity index (χ3n) is 4.11. The van der Waals surface area contributed by atoms with Crippen LogP contribution < -0.4 is 5.32 Å². The highest BCUT2D eigenvalue weighted by atomic mass is 14.9. The average molecular weight is 228 g/mol. The Kier molecular flexibility index (Phi) is 3.38. The molecular formula is C15H20N2. The van der Waals surface area contributed by atoms with Crippen molar-refractivity contribution in [3.63, 3.8) is 0 Å². The van der Waals surface area contributed by atoms with Gasteiger partial charge >= 0.3 is 0 Å². The summed E-state index contributed by atoms with van der Waals surface area (Å²) in [5, 5.41) is 12.6. The number of hydrogen-bond acceptors (Lipinski definition) is 2. The number of nitriles is 1. The van der Waals surface area contributed by atoms with Crippen molar-refractivity contribution in [2.24, 2.45) is 5.41 Å². The number of benzene rings is 1. The summed E-state index contributed by atoms with van der Waals surface area (Å²) in [6.45, 7) is 5.33. The molecule has 0 aromatic heterocycles. The molecule has 1 aliphatic rings. The van der Waals surface area contributed by atoms with Crippen LogP contribution in [0, 0.1) is 23.7 Å². The summed E-state index contributed by atoms with van der Waals surface area (Å²) in [5.74, 6) is 0. The molecule has 0 spiro atoms. The predicted octanol–water partition coefficient (Wildman–Crippen LogP) is 3.86. The van der Waals surface area contributed by atoms with Crippen LogP contribution in [0.15, 0.2) is 18.2 Å². The minimum atomic E-state index is 0.483. The van der Waals surface area contributed by atoms with Crippen LogP contribution in [-0.2, 0) is 0 Å². The van der Waals surface area contributed by atoms with E-state index in [2.05, 4.69) is 31.3 Å². The molecule has 0 radical (unpaired) electrons. The van der Waals surface area contributed by atoms with Gasteiger partial charge in [-0.25, -0.2) is 0 Å². The van der Waals surface area contributed by atoms with Crippen molar-refractivity contribution >= 4 is 5.69 Å². The Morgan fingerprint density at radius 1 is 1.41 bits per heavy atom. The molecule has 0 saturated heterocycles. The summed E-state index contributed by atoms with van der Waals surface area (Å²) in [5.41, 5.74) is 3.43.